The van der Waals surface area contributed by atoms with Gasteiger partial charge in [-0.25, -0.2) is 0 Å². The molecule has 1 aromatic rings. The van der Waals surface area contributed by atoms with Crippen LogP contribution >= 0.6 is 0 Å². The standard InChI is InChI=1S/C18H29NO3/c1-13(2)14-6-8-15(9-7-14)22-12-17(21)19-11-10-16(20)18(3,4)5/h6-9,13,16,20H,10-12H2,1-5H3,(H,19,21). The zero-order valence-corrected chi connectivity index (χ0v) is 14.3. The summed E-state index contributed by atoms with van der Waals surface area (Å²) in [5.74, 6) is 0.995. The number of hydrogen-bond acceptors (Lipinski definition) is 3. The lowest BCUT2D eigenvalue weighted by Crippen LogP contribution is -2.34. The van der Waals surface area contributed by atoms with Crippen molar-refractivity contribution in [3.63, 3.8) is 0 Å². The van der Waals surface area contributed by atoms with Crippen molar-refractivity contribution in [3.05, 3.63) is 29.8 Å². The third-order valence-electron chi connectivity index (χ3n) is 3.66. The molecule has 4 nitrogen and oxygen atoms in total. The first-order valence-corrected chi connectivity index (χ1v) is 7.87. The molecule has 0 aliphatic rings. The minimum absolute atomic E-state index is 0.00730. The molecule has 1 atom stereocenters. The van der Waals surface area contributed by atoms with Crippen LogP contribution in [0.4, 0.5) is 0 Å². The summed E-state index contributed by atoms with van der Waals surface area (Å²) in [5, 5.41) is 12.7. The molecule has 0 bridgehead atoms. The van der Waals surface area contributed by atoms with Crippen LogP contribution in [0.15, 0.2) is 24.3 Å². The predicted octanol–water partition coefficient (Wildman–Crippen LogP) is 3.10. The van der Waals surface area contributed by atoms with Crippen molar-refractivity contribution in [2.45, 2.75) is 53.1 Å². The Balaban J connectivity index is 2.28. The normalized spacial score (nSPS) is 13.0. The van der Waals surface area contributed by atoms with Crippen LogP contribution in [0.25, 0.3) is 0 Å². The average Bonchev–Trinajstić information content (AvgIpc) is 2.44. The first-order chi connectivity index (χ1) is 10.2. The predicted molar refractivity (Wildman–Crippen MR) is 89.1 cm³/mol. The Bertz CT molecular complexity index is 460. The monoisotopic (exact) mass is 307 g/mol. The molecule has 1 aromatic carbocycles. The maximum Gasteiger partial charge on any atom is 0.257 e. The Labute approximate surface area is 133 Å². The van der Waals surface area contributed by atoms with Gasteiger partial charge in [-0.2, -0.15) is 0 Å². The second-order valence-electron chi connectivity index (χ2n) is 7.03. The number of carbonyl (C=O) groups excluding carboxylic acids is 1. The topological polar surface area (TPSA) is 58.6 Å². The maximum atomic E-state index is 11.7. The van der Waals surface area contributed by atoms with E-state index in [1.807, 2.05) is 45.0 Å². The SMILES string of the molecule is CC(C)c1ccc(OCC(=O)NCCC(O)C(C)(C)C)cc1. The van der Waals surface area contributed by atoms with Crippen molar-refractivity contribution in [2.24, 2.45) is 5.41 Å². The highest BCUT2D eigenvalue weighted by Gasteiger charge is 2.21. The first-order valence-electron chi connectivity index (χ1n) is 7.87. The number of aliphatic hydroxyl groups is 1. The van der Waals surface area contributed by atoms with Crippen molar-refractivity contribution in [1.82, 2.24) is 5.32 Å². The van der Waals surface area contributed by atoms with Gasteiger partial charge in [-0.05, 0) is 35.4 Å². The molecule has 0 spiro atoms. The number of rotatable bonds is 7. The molecule has 0 fully saturated rings. The van der Waals surface area contributed by atoms with Gasteiger partial charge in [0.1, 0.15) is 5.75 Å². The lowest BCUT2D eigenvalue weighted by Gasteiger charge is -2.25. The zero-order valence-electron chi connectivity index (χ0n) is 14.3. The minimum Gasteiger partial charge on any atom is -0.484 e. The van der Waals surface area contributed by atoms with Crippen LogP contribution in [-0.2, 0) is 4.79 Å². The van der Waals surface area contributed by atoms with E-state index in [-0.39, 0.29) is 17.9 Å². The Morgan fingerprint density at radius 2 is 1.82 bits per heavy atom. The number of amides is 1. The molecule has 0 aromatic heterocycles. The van der Waals surface area contributed by atoms with Crippen LogP contribution < -0.4 is 10.1 Å². The van der Waals surface area contributed by atoms with Crippen molar-refractivity contribution >= 4 is 5.91 Å². The summed E-state index contributed by atoms with van der Waals surface area (Å²) >= 11 is 0. The van der Waals surface area contributed by atoms with Gasteiger partial charge in [0, 0.05) is 6.54 Å². The number of nitrogens with one attached hydrogen (secondary N) is 1. The van der Waals surface area contributed by atoms with Crippen LogP contribution in [0.3, 0.4) is 0 Å². The number of benzene rings is 1. The van der Waals surface area contributed by atoms with Gasteiger partial charge in [0.25, 0.3) is 5.91 Å². The molecule has 0 heterocycles. The fourth-order valence-electron chi connectivity index (χ4n) is 1.93. The van der Waals surface area contributed by atoms with Crippen molar-refractivity contribution in [1.29, 1.82) is 0 Å². The lowest BCUT2D eigenvalue weighted by molar-refractivity contribution is -0.123. The third kappa shape index (κ3) is 6.48. The van der Waals surface area contributed by atoms with Crippen LogP contribution in [0.1, 0.15) is 52.5 Å². The van der Waals surface area contributed by atoms with Gasteiger partial charge in [0.15, 0.2) is 6.61 Å². The summed E-state index contributed by atoms with van der Waals surface area (Å²) in [5.41, 5.74) is 1.08. The molecule has 1 rings (SSSR count). The summed E-state index contributed by atoms with van der Waals surface area (Å²) in [4.78, 5) is 11.7. The molecule has 0 saturated carbocycles. The Morgan fingerprint density at radius 3 is 2.32 bits per heavy atom. The molecule has 4 heteroatoms. The molecule has 0 radical (unpaired) electrons. The van der Waals surface area contributed by atoms with Crippen molar-refractivity contribution in [3.8, 4) is 5.75 Å². The van der Waals surface area contributed by atoms with E-state index in [4.69, 9.17) is 4.74 Å². The molecule has 2 N–H and O–H groups in total. The Kier molecular flexibility index (Phi) is 6.88. The van der Waals surface area contributed by atoms with E-state index in [1.54, 1.807) is 0 Å². The van der Waals surface area contributed by atoms with Crippen LogP contribution in [0.5, 0.6) is 5.75 Å². The maximum absolute atomic E-state index is 11.7. The summed E-state index contributed by atoms with van der Waals surface area (Å²) in [6.45, 7) is 10.6. The van der Waals surface area contributed by atoms with E-state index >= 15 is 0 Å². The number of carbonyl (C=O) groups is 1. The fourth-order valence-corrected chi connectivity index (χ4v) is 1.93. The van der Waals surface area contributed by atoms with E-state index in [1.165, 1.54) is 5.56 Å². The molecule has 0 aliphatic heterocycles. The van der Waals surface area contributed by atoms with E-state index in [9.17, 15) is 9.90 Å². The molecular formula is C18H29NO3. The number of aliphatic hydroxyl groups excluding tert-OH is 1. The quantitative estimate of drug-likeness (QED) is 0.814. The molecule has 1 amide bonds. The van der Waals surface area contributed by atoms with Crippen molar-refractivity contribution in [2.75, 3.05) is 13.2 Å². The van der Waals surface area contributed by atoms with Gasteiger partial charge >= 0.3 is 0 Å². The van der Waals surface area contributed by atoms with E-state index in [2.05, 4.69) is 19.2 Å². The number of hydrogen-bond donors (Lipinski definition) is 2. The molecular weight excluding hydrogens is 278 g/mol. The third-order valence-corrected chi connectivity index (χ3v) is 3.66. The highest BCUT2D eigenvalue weighted by Crippen LogP contribution is 2.21. The van der Waals surface area contributed by atoms with Gasteiger partial charge in [0.05, 0.1) is 6.10 Å². The van der Waals surface area contributed by atoms with Crippen LogP contribution in [-0.4, -0.2) is 30.3 Å². The van der Waals surface area contributed by atoms with Gasteiger partial charge in [-0.1, -0.05) is 46.8 Å². The van der Waals surface area contributed by atoms with E-state index in [0.29, 0.717) is 24.6 Å². The lowest BCUT2D eigenvalue weighted by atomic mass is 9.87. The van der Waals surface area contributed by atoms with Crippen molar-refractivity contribution < 1.29 is 14.6 Å². The fraction of sp³-hybridized carbons (Fsp3) is 0.611. The average molecular weight is 307 g/mol. The molecule has 22 heavy (non-hydrogen) atoms. The van der Waals surface area contributed by atoms with Gasteiger partial charge < -0.3 is 15.2 Å². The Morgan fingerprint density at radius 1 is 1.23 bits per heavy atom. The largest absolute Gasteiger partial charge is 0.484 e. The molecule has 0 aliphatic carbocycles. The Hall–Kier alpha value is -1.55. The highest BCUT2D eigenvalue weighted by atomic mass is 16.5. The van der Waals surface area contributed by atoms with Crippen LogP contribution in [0, 0.1) is 5.41 Å². The highest BCUT2D eigenvalue weighted by molar-refractivity contribution is 5.77. The van der Waals surface area contributed by atoms with Crippen LogP contribution in [0.2, 0.25) is 0 Å². The number of ether oxygens (including phenoxy) is 1. The smallest absolute Gasteiger partial charge is 0.257 e. The van der Waals surface area contributed by atoms with Gasteiger partial charge in [-0.15, -0.1) is 0 Å². The van der Waals surface area contributed by atoms with Gasteiger partial charge in [0.2, 0.25) is 0 Å². The molecule has 1 unspecified atom stereocenters. The summed E-state index contributed by atoms with van der Waals surface area (Å²) < 4.78 is 5.45. The summed E-state index contributed by atoms with van der Waals surface area (Å²) in [6.07, 6.45) is 0.107. The molecule has 0 saturated heterocycles. The summed E-state index contributed by atoms with van der Waals surface area (Å²) in [7, 11) is 0. The van der Waals surface area contributed by atoms with E-state index < -0.39 is 6.10 Å². The zero-order chi connectivity index (χ0) is 16.8. The van der Waals surface area contributed by atoms with E-state index in [0.717, 1.165) is 0 Å². The molecule has 124 valence electrons. The second kappa shape index (κ2) is 8.18. The first kappa shape index (κ1) is 18.5. The van der Waals surface area contributed by atoms with Gasteiger partial charge in [-0.3, -0.25) is 4.79 Å². The minimum atomic E-state index is -0.433. The summed E-state index contributed by atoms with van der Waals surface area (Å²) in [6, 6.07) is 7.78. The second-order valence-corrected chi connectivity index (χ2v) is 7.03.